The van der Waals surface area contributed by atoms with E-state index in [9.17, 15) is 14.7 Å². The van der Waals surface area contributed by atoms with Gasteiger partial charge in [-0.15, -0.1) is 0 Å². The third-order valence-electron chi connectivity index (χ3n) is 2.49. The van der Waals surface area contributed by atoms with Gasteiger partial charge in [0.1, 0.15) is 0 Å². The molecule has 0 aromatic heterocycles. The summed E-state index contributed by atoms with van der Waals surface area (Å²) in [5.74, 6) is 0. The predicted octanol–water partition coefficient (Wildman–Crippen LogP) is 3.56. The first-order chi connectivity index (χ1) is 8.41. The minimum atomic E-state index is -2.74. The number of halogens is 1. The molecule has 100 valence electrons. The molecule has 0 aliphatic carbocycles. The van der Waals surface area contributed by atoms with Gasteiger partial charge in [-0.05, 0) is 6.07 Å². The van der Waals surface area contributed by atoms with Crippen molar-refractivity contribution < 1.29 is 14.0 Å². The molecule has 0 radical (unpaired) electrons. The second-order valence-corrected chi connectivity index (χ2v) is 6.92. The van der Waals surface area contributed by atoms with Gasteiger partial charge in [0, 0.05) is 25.4 Å². The normalized spacial score (nSPS) is 13.9. The maximum absolute atomic E-state index is 12.0. The highest BCUT2D eigenvalue weighted by Crippen LogP contribution is 2.45. The number of hydrogen-bond donors (Lipinski definition) is 1. The Bertz CT molecular complexity index is 487. The molecule has 1 N–H and O–H groups in total. The molecule has 0 aliphatic heterocycles. The molecule has 8 heteroatoms. The van der Waals surface area contributed by atoms with Crippen molar-refractivity contribution >= 4 is 30.3 Å². The average molecular weight is 293 g/mol. The molecule has 0 bridgehead atoms. The Morgan fingerprint density at radius 2 is 2.22 bits per heavy atom. The predicted molar refractivity (Wildman–Crippen MR) is 71.8 cm³/mol. The number of anilines is 1. The van der Waals surface area contributed by atoms with Crippen molar-refractivity contribution in [3.63, 3.8) is 0 Å². The Morgan fingerprint density at radius 3 is 2.72 bits per heavy atom. The monoisotopic (exact) mass is 292 g/mol. The first-order valence-electron chi connectivity index (χ1n) is 5.23. The van der Waals surface area contributed by atoms with Gasteiger partial charge in [0.2, 0.25) is 7.37 Å². The SMILES string of the molecule is CCP(=O)(CNc1cc([N+](=O)[O-])ccc1Cl)OC. The van der Waals surface area contributed by atoms with Crippen LogP contribution in [0.5, 0.6) is 0 Å². The lowest BCUT2D eigenvalue weighted by Gasteiger charge is -2.16. The summed E-state index contributed by atoms with van der Waals surface area (Å²) in [4.78, 5) is 10.1. The highest BCUT2D eigenvalue weighted by atomic mass is 35.5. The Balaban J connectivity index is 2.87. The van der Waals surface area contributed by atoms with Gasteiger partial charge in [-0.25, -0.2) is 0 Å². The quantitative estimate of drug-likeness (QED) is 0.492. The summed E-state index contributed by atoms with van der Waals surface area (Å²) < 4.78 is 16.9. The van der Waals surface area contributed by atoms with Gasteiger partial charge in [-0.1, -0.05) is 18.5 Å². The van der Waals surface area contributed by atoms with E-state index in [2.05, 4.69) is 5.32 Å². The first kappa shape index (κ1) is 15.0. The van der Waals surface area contributed by atoms with Crippen LogP contribution in [0.2, 0.25) is 5.02 Å². The molecule has 1 unspecified atom stereocenters. The van der Waals surface area contributed by atoms with Gasteiger partial charge in [0.25, 0.3) is 5.69 Å². The van der Waals surface area contributed by atoms with Crippen LogP contribution in [0.3, 0.4) is 0 Å². The zero-order valence-corrected chi connectivity index (χ0v) is 11.7. The lowest BCUT2D eigenvalue weighted by atomic mass is 10.3. The van der Waals surface area contributed by atoms with E-state index in [1.54, 1.807) is 6.92 Å². The number of nitro benzene ring substituents is 1. The summed E-state index contributed by atoms with van der Waals surface area (Å²) in [6.45, 7) is 1.75. The van der Waals surface area contributed by atoms with Crippen molar-refractivity contribution in [1.29, 1.82) is 0 Å². The third kappa shape index (κ3) is 3.70. The molecular formula is C10H14ClN2O4P. The molecule has 6 nitrogen and oxygen atoms in total. The largest absolute Gasteiger partial charge is 0.375 e. The van der Waals surface area contributed by atoms with Crippen LogP contribution >= 0.6 is 19.0 Å². The van der Waals surface area contributed by atoms with Gasteiger partial charge in [0.05, 0.1) is 21.9 Å². The van der Waals surface area contributed by atoms with E-state index < -0.39 is 12.3 Å². The van der Waals surface area contributed by atoms with E-state index in [4.69, 9.17) is 16.1 Å². The fourth-order valence-corrected chi connectivity index (χ4v) is 2.48. The summed E-state index contributed by atoms with van der Waals surface area (Å²) in [7, 11) is -1.37. The van der Waals surface area contributed by atoms with Gasteiger partial charge in [0.15, 0.2) is 0 Å². The van der Waals surface area contributed by atoms with E-state index >= 15 is 0 Å². The summed E-state index contributed by atoms with van der Waals surface area (Å²) in [6.07, 6.45) is 0.462. The van der Waals surface area contributed by atoms with Gasteiger partial charge < -0.3 is 9.84 Å². The molecule has 1 aromatic carbocycles. The number of hydrogen-bond acceptors (Lipinski definition) is 5. The molecule has 1 aromatic rings. The number of non-ortho nitro benzene ring substituents is 1. The molecular weight excluding hydrogens is 279 g/mol. The first-order valence-corrected chi connectivity index (χ1v) is 7.61. The summed E-state index contributed by atoms with van der Waals surface area (Å²) >= 11 is 5.90. The number of nitro groups is 1. The molecule has 1 atom stereocenters. The molecule has 0 saturated heterocycles. The van der Waals surface area contributed by atoms with E-state index in [-0.39, 0.29) is 12.0 Å². The van der Waals surface area contributed by atoms with Gasteiger partial charge in [-0.3, -0.25) is 14.7 Å². The van der Waals surface area contributed by atoms with Crippen molar-refractivity contribution in [2.75, 3.05) is 24.9 Å². The van der Waals surface area contributed by atoms with Crippen molar-refractivity contribution in [2.45, 2.75) is 6.92 Å². The molecule has 1 rings (SSSR count). The van der Waals surface area contributed by atoms with E-state index in [1.165, 1.54) is 25.3 Å². The smallest absolute Gasteiger partial charge is 0.271 e. The van der Waals surface area contributed by atoms with Crippen LogP contribution in [0.1, 0.15) is 6.92 Å². The van der Waals surface area contributed by atoms with E-state index in [0.717, 1.165) is 0 Å². The molecule has 0 spiro atoms. The molecule has 18 heavy (non-hydrogen) atoms. The Morgan fingerprint density at radius 1 is 1.56 bits per heavy atom. The molecule has 0 amide bonds. The third-order valence-corrected chi connectivity index (χ3v) is 5.08. The van der Waals surface area contributed by atoms with Crippen molar-refractivity contribution in [3.05, 3.63) is 33.3 Å². The molecule has 0 saturated carbocycles. The molecule has 0 aliphatic rings. The molecule has 0 fully saturated rings. The lowest BCUT2D eigenvalue weighted by Crippen LogP contribution is -2.06. The number of nitrogens with one attached hydrogen (secondary N) is 1. The van der Waals surface area contributed by atoms with E-state index in [0.29, 0.717) is 16.9 Å². The Labute approximate surface area is 110 Å². The van der Waals surface area contributed by atoms with Crippen LogP contribution in [-0.4, -0.2) is 24.5 Å². The molecule has 0 heterocycles. The number of nitrogens with zero attached hydrogens (tertiary/aromatic N) is 1. The van der Waals surface area contributed by atoms with Gasteiger partial charge in [-0.2, -0.15) is 0 Å². The number of rotatable bonds is 6. The maximum Gasteiger partial charge on any atom is 0.271 e. The highest BCUT2D eigenvalue weighted by molar-refractivity contribution is 7.59. The fraction of sp³-hybridized carbons (Fsp3) is 0.400. The standard InChI is InChI=1S/C10H14ClN2O4P/c1-3-18(16,17-2)7-12-10-6-8(13(14)15)4-5-9(10)11/h4-6,12H,3,7H2,1-2H3. The van der Waals surface area contributed by atoms with Crippen molar-refractivity contribution in [2.24, 2.45) is 0 Å². The van der Waals surface area contributed by atoms with Crippen molar-refractivity contribution in [3.8, 4) is 0 Å². The van der Waals surface area contributed by atoms with Crippen LogP contribution in [-0.2, 0) is 9.09 Å². The fourth-order valence-electron chi connectivity index (χ4n) is 1.27. The minimum Gasteiger partial charge on any atom is -0.375 e. The second-order valence-electron chi connectivity index (χ2n) is 3.57. The zero-order chi connectivity index (χ0) is 13.8. The Hall–Kier alpha value is -1.10. The van der Waals surface area contributed by atoms with Crippen LogP contribution in [0.4, 0.5) is 11.4 Å². The zero-order valence-electron chi connectivity index (χ0n) is 10.1. The minimum absolute atomic E-state index is 0.0781. The topological polar surface area (TPSA) is 81.5 Å². The average Bonchev–Trinajstić information content (AvgIpc) is 2.37. The summed E-state index contributed by atoms with van der Waals surface area (Å²) in [5, 5.41) is 13.8. The summed E-state index contributed by atoms with van der Waals surface area (Å²) in [6, 6.07) is 4.03. The lowest BCUT2D eigenvalue weighted by molar-refractivity contribution is -0.384. The second kappa shape index (κ2) is 6.18. The van der Waals surface area contributed by atoms with Crippen LogP contribution in [0.25, 0.3) is 0 Å². The number of benzene rings is 1. The van der Waals surface area contributed by atoms with Gasteiger partial charge >= 0.3 is 0 Å². The van der Waals surface area contributed by atoms with Crippen LogP contribution < -0.4 is 5.32 Å². The van der Waals surface area contributed by atoms with E-state index in [1.807, 2.05) is 0 Å². The maximum atomic E-state index is 12.0. The summed E-state index contributed by atoms with van der Waals surface area (Å²) in [5.41, 5.74) is 0.294. The van der Waals surface area contributed by atoms with Crippen LogP contribution in [0.15, 0.2) is 18.2 Å². The highest BCUT2D eigenvalue weighted by Gasteiger charge is 2.19. The van der Waals surface area contributed by atoms with Crippen molar-refractivity contribution in [1.82, 2.24) is 0 Å². The Kier molecular flexibility index (Phi) is 5.14. The van der Waals surface area contributed by atoms with Crippen LogP contribution in [0, 0.1) is 10.1 Å².